The molecular formula is C18H21NO5S2. The molecule has 1 N–H and O–H groups in total. The Hall–Kier alpha value is -2.19. The molecule has 2 aromatic rings. The first-order valence-electron chi connectivity index (χ1n) is 8.04. The smallest absolute Gasteiger partial charge is 0.341 e. The molecule has 0 atom stereocenters. The highest BCUT2D eigenvalue weighted by molar-refractivity contribution is 7.91. The molecule has 0 radical (unpaired) electrons. The fourth-order valence-corrected chi connectivity index (χ4v) is 4.74. The van der Waals surface area contributed by atoms with E-state index in [0.29, 0.717) is 10.6 Å². The van der Waals surface area contributed by atoms with Gasteiger partial charge in [0.15, 0.2) is 9.84 Å². The molecule has 2 rings (SSSR count). The fourth-order valence-electron chi connectivity index (χ4n) is 2.41. The zero-order valence-electron chi connectivity index (χ0n) is 14.9. The molecule has 0 spiro atoms. The largest absolute Gasteiger partial charge is 0.462 e. The first-order chi connectivity index (χ1) is 12.2. The molecule has 0 aliphatic rings. The van der Waals surface area contributed by atoms with Crippen LogP contribution in [0.15, 0.2) is 30.3 Å². The third-order valence-electron chi connectivity index (χ3n) is 3.70. The molecule has 8 heteroatoms. The Morgan fingerprint density at radius 2 is 1.81 bits per heavy atom. The lowest BCUT2D eigenvalue weighted by Crippen LogP contribution is -2.24. The van der Waals surface area contributed by atoms with Gasteiger partial charge >= 0.3 is 5.97 Å². The number of carbonyl (C=O) groups excluding carboxylic acids is 2. The molecule has 0 aliphatic carbocycles. The minimum absolute atomic E-state index is 0.214. The van der Waals surface area contributed by atoms with E-state index in [9.17, 15) is 18.0 Å². The van der Waals surface area contributed by atoms with Crippen molar-refractivity contribution in [3.8, 4) is 0 Å². The van der Waals surface area contributed by atoms with Crippen LogP contribution in [-0.2, 0) is 25.1 Å². The van der Waals surface area contributed by atoms with Gasteiger partial charge in [-0.15, -0.1) is 11.3 Å². The second kappa shape index (κ2) is 8.46. The Morgan fingerprint density at radius 3 is 2.42 bits per heavy atom. The predicted molar refractivity (Wildman–Crippen MR) is 102 cm³/mol. The molecule has 0 unspecified atom stereocenters. The van der Waals surface area contributed by atoms with Crippen LogP contribution in [0.2, 0.25) is 0 Å². The minimum Gasteiger partial charge on any atom is -0.462 e. The van der Waals surface area contributed by atoms with Gasteiger partial charge in [0.1, 0.15) is 10.8 Å². The zero-order chi connectivity index (χ0) is 19.3. The standard InChI is InChI=1S/C18H21NO5S2/c1-4-24-18(21)16-12(2)13(3)25-17(16)19-15(20)11-26(22,23)10-14-8-6-5-7-9-14/h5-9H,4,10-11H2,1-3H3,(H,19,20). The van der Waals surface area contributed by atoms with Crippen molar-refractivity contribution in [1.29, 1.82) is 0 Å². The average molecular weight is 396 g/mol. The molecule has 0 aliphatic heterocycles. The quantitative estimate of drug-likeness (QED) is 0.728. The summed E-state index contributed by atoms with van der Waals surface area (Å²) in [4.78, 5) is 25.2. The summed E-state index contributed by atoms with van der Waals surface area (Å²) in [5.74, 6) is -2.07. The van der Waals surface area contributed by atoms with E-state index in [1.165, 1.54) is 11.3 Å². The highest BCUT2D eigenvalue weighted by atomic mass is 32.2. The second-order valence-corrected chi connectivity index (χ2v) is 9.06. The number of thiophene rings is 1. The lowest BCUT2D eigenvalue weighted by Gasteiger charge is -2.08. The molecule has 0 saturated heterocycles. The molecule has 1 aromatic heterocycles. The number of hydrogen-bond acceptors (Lipinski definition) is 6. The Morgan fingerprint density at radius 1 is 1.15 bits per heavy atom. The number of amides is 1. The molecule has 1 aromatic carbocycles. The van der Waals surface area contributed by atoms with E-state index >= 15 is 0 Å². The Kier molecular flexibility index (Phi) is 6.55. The van der Waals surface area contributed by atoms with Crippen molar-refractivity contribution in [2.75, 3.05) is 17.7 Å². The average Bonchev–Trinajstić information content (AvgIpc) is 2.81. The molecule has 26 heavy (non-hydrogen) atoms. The predicted octanol–water partition coefficient (Wildman–Crippen LogP) is 3.10. The lowest BCUT2D eigenvalue weighted by molar-refractivity contribution is -0.113. The Bertz CT molecular complexity index is 901. The maximum Gasteiger partial charge on any atom is 0.341 e. The van der Waals surface area contributed by atoms with Gasteiger partial charge in [-0.3, -0.25) is 4.79 Å². The van der Waals surface area contributed by atoms with Crippen LogP contribution < -0.4 is 5.32 Å². The summed E-state index contributed by atoms with van der Waals surface area (Å²) in [7, 11) is -3.62. The first-order valence-corrected chi connectivity index (χ1v) is 10.7. The van der Waals surface area contributed by atoms with E-state index in [2.05, 4.69) is 5.32 Å². The monoisotopic (exact) mass is 395 g/mol. The number of ether oxygens (including phenoxy) is 1. The molecule has 140 valence electrons. The number of aryl methyl sites for hydroxylation is 1. The first kappa shape index (κ1) is 20.1. The van der Waals surface area contributed by atoms with E-state index in [-0.39, 0.29) is 17.9 Å². The number of anilines is 1. The normalized spacial score (nSPS) is 11.2. The molecular weight excluding hydrogens is 374 g/mol. The number of benzene rings is 1. The van der Waals surface area contributed by atoms with Crippen LogP contribution in [0.25, 0.3) is 0 Å². The molecule has 1 amide bonds. The van der Waals surface area contributed by atoms with Crippen LogP contribution in [0.1, 0.15) is 33.3 Å². The summed E-state index contributed by atoms with van der Waals surface area (Å²) >= 11 is 1.23. The van der Waals surface area contributed by atoms with E-state index in [0.717, 1.165) is 10.4 Å². The second-order valence-electron chi connectivity index (χ2n) is 5.77. The summed E-state index contributed by atoms with van der Waals surface area (Å²) in [5.41, 5.74) is 1.62. The van der Waals surface area contributed by atoms with Crippen molar-refractivity contribution < 1.29 is 22.7 Å². The SMILES string of the molecule is CCOC(=O)c1c(NC(=O)CS(=O)(=O)Cc2ccccc2)sc(C)c1C. The van der Waals surface area contributed by atoms with Gasteiger partial charge in [0, 0.05) is 4.88 Å². The van der Waals surface area contributed by atoms with Gasteiger partial charge in [0.25, 0.3) is 0 Å². The van der Waals surface area contributed by atoms with Gasteiger partial charge < -0.3 is 10.1 Å². The minimum atomic E-state index is -3.62. The maximum atomic E-state index is 12.2. The van der Waals surface area contributed by atoms with Crippen molar-refractivity contribution in [1.82, 2.24) is 0 Å². The summed E-state index contributed by atoms with van der Waals surface area (Å²) in [6.07, 6.45) is 0. The summed E-state index contributed by atoms with van der Waals surface area (Å²) in [6, 6.07) is 8.67. The van der Waals surface area contributed by atoms with E-state index in [1.54, 1.807) is 44.2 Å². The zero-order valence-corrected chi connectivity index (χ0v) is 16.5. The number of esters is 1. The van der Waals surface area contributed by atoms with Crippen molar-refractivity contribution in [3.63, 3.8) is 0 Å². The summed E-state index contributed by atoms with van der Waals surface area (Å²) < 4.78 is 29.5. The summed E-state index contributed by atoms with van der Waals surface area (Å²) in [6.45, 7) is 5.50. The molecule has 0 fully saturated rings. The summed E-state index contributed by atoms with van der Waals surface area (Å²) in [5, 5.41) is 2.87. The van der Waals surface area contributed by atoms with Crippen molar-refractivity contribution in [3.05, 3.63) is 51.9 Å². The third-order valence-corrected chi connectivity index (χ3v) is 6.30. The van der Waals surface area contributed by atoms with Gasteiger partial charge in [-0.1, -0.05) is 30.3 Å². The Labute approximate surface area is 157 Å². The molecule has 6 nitrogen and oxygen atoms in total. The van der Waals surface area contributed by atoms with Crippen molar-refractivity contribution >= 4 is 38.1 Å². The fraction of sp³-hybridized carbons (Fsp3) is 0.333. The van der Waals surface area contributed by atoms with Gasteiger partial charge in [0.2, 0.25) is 5.91 Å². The highest BCUT2D eigenvalue weighted by Crippen LogP contribution is 2.33. The van der Waals surface area contributed by atoms with Gasteiger partial charge in [0.05, 0.1) is 17.9 Å². The number of rotatable bonds is 7. The topological polar surface area (TPSA) is 89.5 Å². The Balaban J connectivity index is 2.13. The molecule has 0 bridgehead atoms. The molecule has 1 heterocycles. The molecule has 0 saturated carbocycles. The highest BCUT2D eigenvalue weighted by Gasteiger charge is 2.24. The van der Waals surface area contributed by atoms with Gasteiger partial charge in [-0.25, -0.2) is 13.2 Å². The third kappa shape index (κ3) is 5.15. The van der Waals surface area contributed by atoms with Gasteiger partial charge in [-0.05, 0) is 31.9 Å². The van der Waals surface area contributed by atoms with Crippen LogP contribution in [0, 0.1) is 13.8 Å². The number of sulfone groups is 1. The lowest BCUT2D eigenvalue weighted by atomic mass is 10.1. The van der Waals surface area contributed by atoms with E-state index < -0.39 is 27.5 Å². The van der Waals surface area contributed by atoms with Gasteiger partial charge in [-0.2, -0.15) is 0 Å². The number of hydrogen-bond donors (Lipinski definition) is 1. The van der Waals surface area contributed by atoms with E-state index in [1.807, 2.05) is 6.92 Å². The van der Waals surface area contributed by atoms with Crippen molar-refractivity contribution in [2.24, 2.45) is 0 Å². The van der Waals surface area contributed by atoms with E-state index in [4.69, 9.17) is 4.74 Å². The van der Waals surface area contributed by atoms with Crippen LogP contribution >= 0.6 is 11.3 Å². The maximum absolute atomic E-state index is 12.2. The van der Waals surface area contributed by atoms with Crippen LogP contribution in [-0.4, -0.2) is 32.7 Å². The van der Waals surface area contributed by atoms with Crippen LogP contribution in [0.4, 0.5) is 5.00 Å². The van der Waals surface area contributed by atoms with Crippen LogP contribution in [0.3, 0.4) is 0 Å². The van der Waals surface area contributed by atoms with Crippen molar-refractivity contribution in [2.45, 2.75) is 26.5 Å². The van der Waals surface area contributed by atoms with Crippen LogP contribution in [0.5, 0.6) is 0 Å². The number of nitrogens with one attached hydrogen (secondary N) is 1. The number of carbonyl (C=O) groups is 2.